The fourth-order valence-electron chi connectivity index (χ4n) is 2.72. The molecule has 0 N–H and O–H groups in total. The van der Waals surface area contributed by atoms with Crippen LogP contribution in [0.2, 0.25) is 0 Å². The first-order valence-electron chi connectivity index (χ1n) is 6.48. The highest BCUT2D eigenvalue weighted by molar-refractivity contribution is 7.89. The van der Waals surface area contributed by atoms with Gasteiger partial charge in [-0.1, -0.05) is 19.9 Å². The molecular formula is C14H15FN2O2S2. The molecule has 0 spiro atoms. The summed E-state index contributed by atoms with van der Waals surface area (Å²) in [7, 11) is -3.73. The third kappa shape index (κ3) is 2.39. The molecule has 0 radical (unpaired) electrons. The number of halogens is 1. The van der Waals surface area contributed by atoms with E-state index in [2.05, 4.69) is 4.98 Å². The topological polar surface area (TPSA) is 50.3 Å². The van der Waals surface area contributed by atoms with Crippen LogP contribution in [0, 0.1) is 11.2 Å². The summed E-state index contributed by atoms with van der Waals surface area (Å²) >= 11 is 1.53. The van der Waals surface area contributed by atoms with Gasteiger partial charge in [-0.25, -0.2) is 12.8 Å². The number of aromatic nitrogens is 1. The summed E-state index contributed by atoms with van der Waals surface area (Å²) in [4.78, 5) is 4.54. The minimum atomic E-state index is -3.73. The zero-order valence-electron chi connectivity index (χ0n) is 11.7. The van der Waals surface area contributed by atoms with E-state index in [0.717, 1.165) is 17.1 Å². The van der Waals surface area contributed by atoms with E-state index in [4.69, 9.17) is 0 Å². The fourth-order valence-corrected chi connectivity index (χ4v) is 5.74. The molecule has 0 aromatic carbocycles. The first-order valence-corrected chi connectivity index (χ1v) is 8.80. The maximum absolute atomic E-state index is 13.3. The number of hydrogen-bond donors (Lipinski definition) is 0. The molecule has 7 heteroatoms. The predicted molar refractivity (Wildman–Crippen MR) is 78.9 cm³/mol. The second-order valence-electron chi connectivity index (χ2n) is 5.80. The zero-order valence-corrected chi connectivity index (χ0v) is 13.3. The van der Waals surface area contributed by atoms with Gasteiger partial charge < -0.3 is 0 Å². The standard InChI is InChI=1S/C14H15FN2O2S2/c1-14(2)9-17(13(14)12-4-3-5-20-12)21(18,19)11-6-10(15)7-16-8-11/h3-8,13H,9H2,1-2H3. The number of nitrogens with zero attached hydrogens (tertiary/aromatic N) is 2. The van der Waals surface area contributed by atoms with E-state index in [1.54, 1.807) is 0 Å². The Morgan fingerprint density at radius 3 is 2.76 bits per heavy atom. The van der Waals surface area contributed by atoms with Crippen LogP contribution < -0.4 is 0 Å². The van der Waals surface area contributed by atoms with Crippen LogP contribution in [-0.2, 0) is 10.0 Å². The average Bonchev–Trinajstić information content (AvgIpc) is 2.89. The van der Waals surface area contributed by atoms with Gasteiger partial charge in [0.25, 0.3) is 0 Å². The number of rotatable bonds is 3. The molecule has 1 aliphatic heterocycles. The number of thiophene rings is 1. The normalized spacial score (nSPS) is 22.0. The minimum Gasteiger partial charge on any atom is -0.260 e. The van der Waals surface area contributed by atoms with Gasteiger partial charge in [0, 0.05) is 23.0 Å². The Morgan fingerprint density at radius 2 is 2.19 bits per heavy atom. The first kappa shape index (κ1) is 14.6. The van der Waals surface area contributed by atoms with E-state index in [-0.39, 0.29) is 16.4 Å². The SMILES string of the molecule is CC1(C)CN(S(=O)(=O)c2cncc(F)c2)C1c1cccs1. The van der Waals surface area contributed by atoms with Gasteiger partial charge in [0.2, 0.25) is 10.0 Å². The molecule has 0 bridgehead atoms. The molecular weight excluding hydrogens is 311 g/mol. The maximum atomic E-state index is 13.3. The Hall–Kier alpha value is -1.31. The van der Waals surface area contributed by atoms with Crippen molar-refractivity contribution in [2.45, 2.75) is 24.8 Å². The average molecular weight is 326 g/mol. The maximum Gasteiger partial charge on any atom is 0.245 e. The summed E-state index contributed by atoms with van der Waals surface area (Å²) in [5, 5.41) is 1.93. The van der Waals surface area contributed by atoms with E-state index < -0.39 is 15.8 Å². The van der Waals surface area contributed by atoms with Crippen molar-refractivity contribution in [2.24, 2.45) is 5.41 Å². The monoisotopic (exact) mass is 326 g/mol. The molecule has 112 valence electrons. The highest BCUT2D eigenvalue weighted by Gasteiger charge is 2.52. The Labute approximate surface area is 127 Å². The molecule has 1 aliphatic rings. The Kier molecular flexibility index (Phi) is 3.38. The molecule has 0 aliphatic carbocycles. The van der Waals surface area contributed by atoms with Gasteiger partial charge in [0.1, 0.15) is 10.7 Å². The number of sulfonamides is 1. The lowest BCUT2D eigenvalue weighted by Crippen LogP contribution is -2.57. The van der Waals surface area contributed by atoms with Crippen LogP contribution in [0.5, 0.6) is 0 Å². The summed E-state index contributed by atoms with van der Waals surface area (Å²) in [6.45, 7) is 4.48. The third-order valence-electron chi connectivity index (χ3n) is 3.69. The second kappa shape index (κ2) is 4.86. The van der Waals surface area contributed by atoms with E-state index in [0.29, 0.717) is 6.54 Å². The summed E-state index contributed by atoms with van der Waals surface area (Å²) in [5.74, 6) is -0.650. The summed E-state index contributed by atoms with van der Waals surface area (Å²) in [6, 6.07) is 4.63. The fraction of sp³-hybridized carbons (Fsp3) is 0.357. The minimum absolute atomic E-state index is 0.0976. The molecule has 1 unspecified atom stereocenters. The summed E-state index contributed by atoms with van der Waals surface area (Å²) in [5.41, 5.74) is -0.140. The number of pyridine rings is 1. The molecule has 21 heavy (non-hydrogen) atoms. The van der Waals surface area contributed by atoms with Gasteiger partial charge in [0.05, 0.1) is 12.2 Å². The molecule has 1 atom stereocenters. The lowest BCUT2D eigenvalue weighted by Gasteiger charge is -2.52. The third-order valence-corrected chi connectivity index (χ3v) is 6.39. The number of hydrogen-bond acceptors (Lipinski definition) is 4. The Bertz CT molecular complexity index is 757. The second-order valence-corrected chi connectivity index (χ2v) is 8.67. The van der Waals surface area contributed by atoms with Crippen molar-refractivity contribution in [3.63, 3.8) is 0 Å². The molecule has 3 heterocycles. The molecule has 3 rings (SSSR count). The quantitative estimate of drug-likeness (QED) is 0.871. The smallest absolute Gasteiger partial charge is 0.245 e. The highest BCUT2D eigenvalue weighted by atomic mass is 32.2. The summed E-state index contributed by atoms with van der Waals surface area (Å²) < 4.78 is 40.1. The largest absolute Gasteiger partial charge is 0.260 e. The summed E-state index contributed by atoms with van der Waals surface area (Å²) in [6.07, 6.45) is 2.19. The van der Waals surface area contributed by atoms with Gasteiger partial charge in [-0.2, -0.15) is 4.31 Å². The van der Waals surface area contributed by atoms with Crippen molar-refractivity contribution in [3.05, 3.63) is 46.7 Å². The van der Waals surface area contributed by atoms with Gasteiger partial charge in [-0.3, -0.25) is 4.98 Å². The van der Waals surface area contributed by atoms with E-state index in [1.807, 2.05) is 31.4 Å². The van der Waals surface area contributed by atoms with Crippen LogP contribution >= 0.6 is 11.3 Å². The van der Waals surface area contributed by atoms with E-state index in [1.165, 1.54) is 21.8 Å². The lowest BCUT2D eigenvalue weighted by molar-refractivity contribution is 0.0222. The van der Waals surface area contributed by atoms with Crippen molar-refractivity contribution in [1.82, 2.24) is 9.29 Å². The Balaban J connectivity index is 2.00. The van der Waals surface area contributed by atoms with Gasteiger partial charge >= 0.3 is 0 Å². The van der Waals surface area contributed by atoms with Crippen molar-refractivity contribution in [2.75, 3.05) is 6.54 Å². The predicted octanol–water partition coefficient (Wildman–Crippen LogP) is 3.05. The van der Waals surface area contributed by atoms with Crippen LogP contribution in [0.4, 0.5) is 4.39 Å². The van der Waals surface area contributed by atoms with Crippen molar-refractivity contribution >= 4 is 21.4 Å². The van der Waals surface area contributed by atoms with Crippen molar-refractivity contribution in [1.29, 1.82) is 0 Å². The Morgan fingerprint density at radius 1 is 1.43 bits per heavy atom. The van der Waals surface area contributed by atoms with Crippen LogP contribution in [0.3, 0.4) is 0 Å². The van der Waals surface area contributed by atoms with Gasteiger partial charge in [-0.05, 0) is 17.5 Å². The molecule has 2 aromatic heterocycles. The van der Waals surface area contributed by atoms with Gasteiger partial charge in [0.15, 0.2) is 0 Å². The van der Waals surface area contributed by atoms with Crippen LogP contribution in [0.1, 0.15) is 24.8 Å². The van der Waals surface area contributed by atoms with Crippen LogP contribution in [0.15, 0.2) is 40.9 Å². The molecule has 0 amide bonds. The van der Waals surface area contributed by atoms with E-state index >= 15 is 0 Å². The molecule has 1 saturated heterocycles. The van der Waals surface area contributed by atoms with Gasteiger partial charge in [-0.15, -0.1) is 11.3 Å². The van der Waals surface area contributed by atoms with E-state index in [9.17, 15) is 12.8 Å². The molecule has 4 nitrogen and oxygen atoms in total. The van der Waals surface area contributed by atoms with Crippen LogP contribution in [-0.4, -0.2) is 24.3 Å². The zero-order chi connectivity index (χ0) is 15.3. The van der Waals surface area contributed by atoms with Crippen molar-refractivity contribution in [3.8, 4) is 0 Å². The molecule has 2 aromatic rings. The van der Waals surface area contributed by atoms with Crippen LogP contribution in [0.25, 0.3) is 0 Å². The highest BCUT2D eigenvalue weighted by Crippen LogP contribution is 2.51. The van der Waals surface area contributed by atoms with Crippen molar-refractivity contribution < 1.29 is 12.8 Å². The molecule has 0 saturated carbocycles. The lowest BCUT2D eigenvalue weighted by atomic mass is 9.76. The first-order chi connectivity index (χ1) is 9.82. The molecule has 1 fully saturated rings.